The van der Waals surface area contributed by atoms with Crippen LogP contribution in [0, 0.1) is 5.92 Å². The first-order chi connectivity index (χ1) is 6.66. The van der Waals surface area contributed by atoms with E-state index in [-0.39, 0.29) is 12.5 Å². The molecule has 3 heteroatoms. The lowest BCUT2D eigenvalue weighted by Gasteiger charge is -2.19. The van der Waals surface area contributed by atoms with Crippen molar-refractivity contribution in [3.8, 4) is 0 Å². The monoisotopic (exact) mass is 258 g/mol. The quantitative estimate of drug-likeness (QED) is 0.872. The summed E-state index contributed by atoms with van der Waals surface area (Å²) in [7, 11) is 0. The van der Waals surface area contributed by atoms with Gasteiger partial charge in [-0.1, -0.05) is 41.1 Å². The van der Waals surface area contributed by atoms with Gasteiger partial charge in [0.25, 0.3) is 0 Å². The second-order valence-corrected chi connectivity index (χ2v) is 4.31. The lowest BCUT2D eigenvalue weighted by Crippen LogP contribution is -2.11. The van der Waals surface area contributed by atoms with Crippen LogP contribution in [0.2, 0.25) is 0 Å². The molecule has 0 amide bonds. The summed E-state index contributed by atoms with van der Waals surface area (Å²) in [4.78, 5) is 0. The Morgan fingerprint density at radius 2 is 2.00 bits per heavy atom. The zero-order valence-electron chi connectivity index (χ0n) is 8.15. The Bertz CT molecular complexity index is 288. The van der Waals surface area contributed by atoms with E-state index in [9.17, 15) is 5.11 Å². The summed E-state index contributed by atoms with van der Waals surface area (Å²) in [5, 5.41) is 18.7. The van der Waals surface area contributed by atoms with Gasteiger partial charge in [-0.15, -0.1) is 0 Å². The van der Waals surface area contributed by atoms with Gasteiger partial charge < -0.3 is 10.2 Å². The summed E-state index contributed by atoms with van der Waals surface area (Å²) in [6.45, 7) is 2.04. The Kier molecular flexibility index (Phi) is 4.58. The Morgan fingerprint density at radius 1 is 1.36 bits per heavy atom. The molecule has 14 heavy (non-hydrogen) atoms. The topological polar surface area (TPSA) is 40.5 Å². The molecule has 0 aliphatic rings. The van der Waals surface area contributed by atoms with Crippen LogP contribution in [0.15, 0.2) is 28.7 Å². The van der Waals surface area contributed by atoms with E-state index in [0.717, 1.165) is 10.0 Å². The SMILES string of the molecule is CC(CCO)C(O)c1ccccc1Br. The van der Waals surface area contributed by atoms with Crippen LogP contribution in [0.4, 0.5) is 0 Å². The molecule has 0 aliphatic heterocycles. The minimum atomic E-state index is -0.516. The fraction of sp³-hybridized carbons (Fsp3) is 0.455. The van der Waals surface area contributed by atoms with Gasteiger partial charge in [-0.2, -0.15) is 0 Å². The lowest BCUT2D eigenvalue weighted by atomic mass is 9.95. The molecular formula is C11H15BrO2. The molecule has 0 spiro atoms. The summed E-state index contributed by atoms with van der Waals surface area (Å²) < 4.78 is 0.914. The molecule has 78 valence electrons. The van der Waals surface area contributed by atoms with Gasteiger partial charge in [0.05, 0.1) is 6.10 Å². The Hall–Kier alpha value is -0.380. The first-order valence-corrected chi connectivity index (χ1v) is 5.49. The molecule has 1 rings (SSSR count). The standard InChI is InChI=1S/C11H15BrO2/c1-8(6-7-13)11(14)9-4-2-3-5-10(9)12/h2-5,8,11,13-14H,6-7H2,1H3. The van der Waals surface area contributed by atoms with Crippen molar-refractivity contribution in [2.75, 3.05) is 6.61 Å². The van der Waals surface area contributed by atoms with E-state index < -0.39 is 6.10 Å². The summed E-state index contributed by atoms with van der Waals surface area (Å²) in [5.41, 5.74) is 0.883. The van der Waals surface area contributed by atoms with Gasteiger partial charge in [0.15, 0.2) is 0 Å². The molecule has 2 unspecified atom stereocenters. The molecule has 0 heterocycles. The fourth-order valence-electron chi connectivity index (χ4n) is 1.38. The van der Waals surface area contributed by atoms with E-state index in [2.05, 4.69) is 15.9 Å². The van der Waals surface area contributed by atoms with Crippen LogP contribution in [0.3, 0.4) is 0 Å². The summed E-state index contributed by atoms with van der Waals surface area (Å²) >= 11 is 3.39. The van der Waals surface area contributed by atoms with Crippen molar-refractivity contribution < 1.29 is 10.2 Å². The maximum absolute atomic E-state index is 9.96. The Balaban J connectivity index is 2.78. The van der Waals surface area contributed by atoms with Gasteiger partial charge in [-0.25, -0.2) is 0 Å². The number of benzene rings is 1. The molecule has 0 saturated heterocycles. The van der Waals surface area contributed by atoms with Crippen LogP contribution in [0.1, 0.15) is 25.0 Å². The third-order valence-electron chi connectivity index (χ3n) is 2.35. The van der Waals surface area contributed by atoms with Crippen molar-refractivity contribution in [1.29, 1.82) is 0 Å². The van der Waals surface area contributed by atoms with Crippen molar-refractivity contribution in [3.63, 3.8) is 0 Å². The first-order valence-electron chi connectivity index (χ1n) is 4.70. The molecule has 0 aliphatic carbocycles. The predicted molar refractivity (Wildman–Crippen MR) is 60.0 cm³/mol. The van der Waals surface area contributed by atoms with E-state index in [1.165, 1.54) is 0 Å². The second kappa shape index (κ2) is 5.49. The molecule has 0 bridgehead atoms. The highest BCUT2D eigenvalue weighted by molar-refractivity contribution is 9.10. The number of hydrogen-bond acceptors (Lipinski definition) is 2. The van der Waals surface area contributed by atoms with E-state index in [0.29, 0.717) is 6.42 Å². The van der Waals surface area contributed by atoms with Gasteiger partial charge in [0, 0.05) is 11.1 Å². The van der Waals surface area contributed by atoms with Crippen LogP contribution < -0.4 is 0 Å². The van der Waals surface area contributed by atoms with Crippen LogP contribution in [0.25, 0.3) is 0 Å². The zero-order valence-corrected chi connectivity index (χ0v) is 9.74. The predicted octanol–water partition coefficient (Wildman–Crippen LogP) is 2.50. The number of aliphatic hydroxyl groups is 2. The average molecular weight is 259 g/mol. The maximum atomic E-state index is 9.96. The van der Waals surface area contributed by atoms with Crippen LogP contribution >= 0.6 is 15.9 Å². The molecule has 2 nitrogen and oxygen atoms in total. The molecule has 0 saturated carbocycles. The Labute approximate surface area is 92.7 Å². The number of halogens is 1. The highest BCUT2D eigenvalue weighted by Gasteiger charge is 2.17. The summed E-state index contributed by atoms with van der Waals surface area (Å²) in [6, 6.07) is 7.61. The molecule has 0 radical (unpaired) electrons. The summed E-state index contributed by atoms with van der Waals surface area (Å²) in [6.07, 6.45) is 0.0976. The Morgan fingerprint density at radius 3 is 2.57 bits per heavy atom. The highest BCUT2D eigenvalue weighted by Crippen LogP contribution is 2.29. The van der Waals surface area contributed by atoms with E-state index in [1.54, 1.807) is 0 Å². The number of rotatable bonds is 4. The summed E-state index contributed by atoms with van der Waals surface area (Å²) in [5.74, 6) is 0.0682. The average Bonchev–Trinajstić information content (AvgIpc) is 2.18. The van der Waals surface area contributed by atoms with Crippen molar-refractivity contribution in [1.82, 2.24) is 0 Å². The van der Waals surface area contributed by atoms with Crippen LogP contribution in [0.5, 0.6) is 0 Å². The molecule has 2 atom stereocenters. The molecule has 1 aromatic rings. The minimum Gasteiger partial charge on any atom is -0.396 e. The third kappa shape index (κ3) is 2.80. The zero-order chi connectivity index (χ0) is 10.6. The normalized spacial score (nSPS) is 15.1. The van der Waals surface area contributed by atoms with Crippen LogP contribution in [-0.4, -0.2) is 16.8 Å². The lowest BCUT2D eigenvalue weighted by molar-refractivity contribution is 0.0985. The molecule has 2 N–H and O–H groups in total. The van der Waals surface area contributed by atoms with Crippen molar-refractivity contribution in [3.05, 3.63) is 34.3 Å². The van der Waals surface area contributed by atoms with Gasteiger partial charge in [0.2, 0.25) is 0 Å². The van der Waals surface area contributed by atoms with Gasteiger partial charge >= 0.3 is 0 Å². The van der Waals surface area contributed by atoms with E-state index >= 15 is 0 Å². The van der Waals surface area contributed by atoms with Crippen molar-refractivity contribution >= 4 is 15.9 Å². The fourth-order valence-corrected chi connectivity index (χ4v) is 1.90. The third-order valence-corrected chi connectivity index (χ3v) is 3.07. The maximum Gasteiger partial charge on any atom is 0.0827 e. The number of aliphatic hydroxyl groups excluding tert-OH is 2. The molecule has 0 fully saturated rings. The molecular weight excluding hydrogens is 244 g/mol. The van der Waals surface area contributed by atoms with Crippen molar-refractivity contribution in [2.45, 2.75) is 19.4 Å². The van der Waals surface area contributed by atoms with Crippen LogP contribution in [-0.2, 0) is 0 Å². The van der Waals surface area contributed by atoms with E-state index in [1.807, 2.05) is 31.2 Å². The molecule has 0 aromatic heterocycles. The van der Waals surface area contributed by atoms with E-state index in [4.69, 9.17) is 5.11 Å². The molecule has 1 aromatic carbocycles. The van der Waals surface area contributed by atoms with Crippen molar-refractivity contribution in [2.24, 2.45) is 5.92 Å². The highest BCUT2D eigenvalue weighted by atomic mass is 79.9. The smallest absolute Gasteiger partial charge is 0.0827 e. The number of hydrogen-bond donors (Lipinski definition) is 2. The minimum absolute atomic E-state index is 0.0682. The van der Waals surface area contributed by atoms with Gasteiger partial charge in [-0.05, 0) is 24.0 Å². The first kappa shape index (κ1) is 11.7. The largest absolute Gasteiger partial charge is 0.396 e. The van der Waals surface area contributed by atoms with Gasteiger partial charge in [-0.3, -0.25) is 0 Å². The second-order valence-electron chi connectivity index (χ2n) is 3.46. The van der Waals surface area contributed by atoms with Gasteiger partial charge in [0.1, 0.15) is 0 Å².